The summed E-state index contributed by atoms with van der Waals surface area (Å²) in [5.74, 6) is -0.788. The standard InChI is InChI=1S/C19H19ClN4O2/c1-23(2)15-7-4-12(5-8-15)18(25)21-22-19(26)17-11-13-10-14(20)6-9-16(13)24(17)3/h4-11H,1-3H3,(H,21,25)(H,22,26). The highest BCUT2D eigenvalue weighted by molar-refractivity contribution is 6.31. The lowest BCUT2D eigenvalue weighted by Crippen LogP contribution is -2.42. The van der Waals surface area contributed by atoms with Crippen molar-refractivity contribution in [2.75, 3.05) is 19.0 Å². The molecule has 0 saturated heterocycles. The van der Waals surface area contributed by atoms with E-state index >= 15 is 0 Å². The number of amides is 2. The van der Waals surface area contributed by atoms with Gasteiger partial charge in [-0.2, -0.15) is 0 Å². The van der Waals surface area contributed by atoms with Gasteiger partial charge in [0, 0.05) is 48.3 Å². The summed E-state index contributed by atoms with van der Waals surface area (Å²) >= 11 is 5.99. The van der Waals surface area contributed by atoms with Crippen LogP contribution in [0, 0.1) is 0 Å². The molecule has 0 radical (unpaired) electrons. The van der Waals surface area contributed by atoms with Gasteiger partial charge in [0.15, 0.2) is 0 Å². The van der Waals surface area contributed by atoms with Gasteiger partial charge in [0.1, 0.15) is 5.69 Å². The fourth-order valence-electron chi connectivity index (χ4n) is 2.70. The first-order valence-corrected chi connectivity index (χ1v) is 8.37. The molecule has 2 aromatic carbocycles. The van der Waals surface area contributed by atoms with Crippen molar-refractivity contribution >= 4 is 40.0 Å². The van der Waals surface area contributed by atoms with Crippen molar-refractivity contribution < 1.29 is 9.59 Å². The highest BCUT2D eigenvalue weighted by Crippen LogP contribution is 2.22. The van der Waals surface area contributed by atoms with Crippen molar-refractivity contribution in [2.24, 2.45) is 7.05 Å². The highest BCUT2D eigenvalue weighted by Gasteiger charge is 2.15. The van der Waals surface area contributed by atoms with Crippen LogP contribution in [0.25, 0.3) is 10.9 Å². The number of rotatable bonds is 3. The molecule has 6 nitrogen and oxygen atoms in total. The van der Waals surface area contributed by atoms with Crippen molar-refractivity contribution in [3.05, 3.63) is 64.8 Å². The Kier molecular flexibility index (Phi) is 4.86. The number of nitrogens with one attached hydrogen (secondary N) is 2. The van der Waals surface area contributed by atoms with Gasteiger partial charge in [0.25, 0.3) is 11.8 Å². The zero-order chi connectivity index (χ0) is 18.8. The Bertz CT molecular complexity index is 977. The molecule has 26 heavy (non-hydrogen) atoms. The van der Waals surface area contributed by atoms with Gasteiger partial charge >= 0.3 is 0 Å². The number of carbonyl (C=O) groups is 2. The molecule has 0 atom stereocenters. The molecular weight excluding hydrogens is 352 g/mol. The minimum Gasteiger partial charge on any atom is -0.378 e. The Morgan fingerprint density at radius 3 is 2.27 bits per heavy atom. The fourth-order valence-corrected chi connectivity index (χ4v) is 2.88. The Balaban J connectivity index is 1.70. The van der Waals surface area contributed by atoms with Crippen molar-refractivity contribution in [1.29, 1.82) is 0 Å². The monoisotopic (exact) mass is 370 g/mol. The van der Waals surface area contributed by atoms with Crippen LogP contribution in [0.4, 0.5) is 5.69 Å². The molecule has 1 aromatic heterocycles. The van der Waals surface area contributed by atoms with Gasteiger partial charge in [-0.15, -0.1) is 0 Å². The fraction of sp³-hybridized carbons (Fsp3) is 0.158. The van der Waals surface area contributed by atoms with Gasteiger partial charge in [0.2, 0.25) is 0 Å². The summed E-state index contributed by atoms with van der Waals surface area (Å²) in [7, 11) is 5.63. The summed E-state index contributed by atoms with van der Waals surface area (Å²) in [6.45, 7) is 0. The normalized spacial score (nSPS) is 10.6. The second-order valence-corrected chi connectivity index (χ2v) is 6.58. The molecular formula is C19H19ClN4O2. The molecule has 0 saturated carbocycles. The second kappa shape index (κ2) is 7.09. The van der Waals surface area contributed by atoms with Gasteiger partial charge in [-0.05, 0) is 48.5 Å². The predicted octanol–water partition coefficient (Wildman–Crippen LogP) is 2.97. The number of nitrogens with zero attached hydrogens (tertiary/aromatic N) is 2. The Labute approximate surface area is 156 Å². The van der Waals surface area contributed by atoms with Crippen LogP contribution in [-0.2, 0) is 7.05 Å². The van der Waals surface area contributed by atoms with Crippen molar-refractivity contribution in [3.63, 3.8) is 0 Å². The van der Waals surface area contributed by atoms with E-state index in [-0.39, 0.29) is 5.91 Å². The van der Waals surface area contributed by atoms with E-state index in [1.54, 1.807) is 41.9 Å². The summed E-state index contributed by atoms with van der Waals surface area (Å²) in [4.78, 5) is 26.6. The van der Waals surface area contributed by atoms with Gasteiger partial charge in [-0.3, -0.25) is 20.4 Å². The van der Waals surface area contributed by atoms with Crippen LogP contribution < -0.4 is 15.8 Å². The molecule has 0 unspecified atom stereocenters. The highest BCUT2D eigenvalue weighted by atomic mass is 35.5. The number of halogens is 1. The summed E-state index contributed by atoms with van der Waals surface area (Å²) in [6.07, 6.45) is 0. The zero-order valence-electron chi connectivity index (χ0n) is 14.7. The Morgan fingerprint density at radius 2 is 1.62 bits per heavy atom. The Morgan fingerprint density at radius 1 is 0.962 bits per heavy atom. The lowest BCUT2D eigenvalue weighted by molar-refractivity contribution is 0.0842. The minimum absolute atomic E-state index is 0.384. The topological polar surface area (TPSA) is 66.4 Å². The number of hydrogen-bond acceptors (Lipinski definition) is 3. The summed E-state index contributed by atoms with van der Waals surface area (Å²) < 4.78 is 1.75. The van der Waals surface area contributed by atoms with Gasteiger partial charge in [-0.1, -0.05) is 11.6 Å². The van der Waals surface area contributed by atoms with Crippen LogP contribution in [0.2, 0.25) is 5.02 Å². The molecule has 3 aromatic rings. The van der Waals surface area contributed by atoms with E-state index in [1.807, 2.05) is 37.2 Å². The van der Waals surface area contributed by atoms with Crippen LogP contribution in [0.5, 0.6) is 0 Å². The summed E-state index contributed by atoms with van der Waals surface area (Å²) in [5, 5.41) is 1.46. The van der Waals surface area contributed by atoms with E-state index in [9.17, 15) is 9.59 Å². The van der Waals surface area contributed by atoms with E-state index in [2.05, 4.69) is 10.9 Å². The van der Waals surface area contributed by atoms with Gasteiger partial charge in [0.05, 0.1) is 0 Å². The number of anilines is 1. The molecule has 134 valence electrons. The molecule has 0 aliphatic rings. The number of aromatic nitrogens is 1. The van der Waals surface area contributed by atoms with E-state index < -0.39 is 5.91 Å². The van der Waals surface area contributed by atoms with Crippen LogP contribution in [0.15, 0.2) is 48.5 Å². The second-order valence-electron chi connectivity index (χ2n) is 6.14. The van der Waals surface area contributed by atoms with E-state index in [4.69, 9.17) is 11.6 Å². The molecule has 0 spiro atoms. The number of carbonyl (C=O) groups excluding carboxylic acids is 2. The van der Waals surface area contributed by atoms with Crippen LogP contribution in [-0.4, -0.2) is 30.5 Å². The van der Waals surface area contributed by atoms with Gasteiger partial charge in [-0.25, -0.2) is 0 Å². The molecule has 7 heteroatoms. The first-order valence-electron chi connectivity index (χ1n) is 8.00. The van der Waals surface area contributed by atoms with Gasteiger partial charge < -0.3 is 9.47 Å². The molecule has 2 amide bonds. The Hall–Kier alpha value is -2.99. The minimum atomic E-state index is -0.405. The quantitative estimate of drug-likeness (QED) is 0.696. The molecule has 2 N–H and O–H groups in total. The van der Waals surface area contributed by atoms with Crippen LogP contribution in [0.3, 0.4) is 0 Å². The third-order valence-electron chi connectivity index (χ3n) is 4.17. The number of benzene rings is 2. The summed E-state index contributed by atoms with van der Waals surface area (Å²) in [5.41, 5.74) is 7.63. The first kappa shape index (κ1) is 17.8. The largest absolute Gasteiger partial charge is 0.378 e. The van der Waals surface area contributed by atoms with Crippen molar-refractivity contribution in [3.8, 4) is 0 Å². The van der Waals surface area contributed by atoms with Crippen molar-refractivity contribution in [2.45, 2.75) is 0 Å². The average molecular weight is 371 g/mol. The molecule has 0 aliphatic heterocycles. The molecule has 0 aliphatic carbocycles. The molecule has 3 rings (SSSR count). The predicted molar refractivity (Wildman–Crippen MR) is 104 cm³/mol. The number of hydrazine groups is 1. The maximum absolute atomic E-state index is 12.4. The SMILES string of the molecule is CN(C)c1ccc(C(=O)NNC(=O)c2cc3cc(Cl)ccc3n2C)cc1. The lowest BCUT2D eigenvalue weighted by Gasteiger charge is -2.13. The maximum Gasteiger partial charge on any atom is 0.286 e. The van der Waals surface area contributed by atoms with Crippen molar-refractivity contribution in [1.82, 2.24) is 15.4 Å². The zero-order valence-corrected chi connectivity index (χ0v) is 15.5. The first-order chi connectivity index (χ1) is 12.4. The van der Waals surface area contributed by atoms with Crippen LogP contribution >= 0.6 is 11.6 Å². The maximum atomic E-state index is 12.4. The number of fused-ring (bicyclic) bond motifs is 1. The smallest absolute Gasteiger partial charge is 0.286 e. The number of hydrogen-bond donors (Lipinski definition) is 2. The van der Waals surface area contributed by atoms with E-state index in [0.29, 0.717) is 16.3 Å². The summed E-state index contributed by atoms with van der Waals surface area (Å²) in [6, 6.07) is 14.2. The lowest BCUT2D eigenvalue weighted by atomic mass is 10.2. The van der Waals surface area contributed by atoms with E-state index in [0.717, 1.165) is 16.6 Å². The molecule has 0 fully saturated rings. The molecule has 1 heterocycles. The average Bonchev–Trinajstić information content (AvgIpc) is 2.95. The molecule has 0 bridgehead atoms. The van der Waals surface area contributed by atoms with Crippen LogP contribution in [0.1, 0.15) is 20.8 Å². The van der Waals surface area contributed by atoms with E-state index in [1.165, 1.54) is 0 Å². The number of aryl methyl sites for hydroxylation is 1. The third kappa shape index (κ3) is 3.50. The third-order valence-corrected chi connectivity index (χ3v) is 4.41.